The van der Waals surface area contributed by atoms with Crippen LogP contribution in [0.15, 0.2) is 30.3 Å². The summed E-state index contributed by atoms with van der Waals surface area (Å²) in [4.78, 5) is 13.3. The van der Waals surface area contributed by atoms with Gasteiger partial charge in [-0.05, 0) is 12.0 Å². The molecule has 4 nitrogen and oxygen atoms in total. The smallest absolute Gasteiger partial charge is 0.410 e. The van der Waals surface area contributed by atoms with Crippen LogP contribution in [0, 0.1) is 0 Å². The Hall–Kier alpha value is -1.62. The lowest BCUT2D eigenvalue weighted by Gasteiger charge is -2.21. The minimum atomic E-state index is -0.569. The second-order valence-corrected chi connectivity index (χ2v) is 4.59. The van der Waals surface area contributed by atoms with Crippen LogP contribution >= 0.6 is 0 Å². The number of carbonyl (C=O) groups excluding carboxylic acids is 1. The predicted molar refractivity (Wildman–Crippen MR) is 68.5 cm³/mol. The van der Waals surface area contributed by atoms with Crippen molar-refractivity contribution >= 4 is 6.09 Å². The fourth-order valence-corrected chi connectivity index (χ4v) is 2.22. The molecule has 5 heteroatoms. The van der Waals surface area contributed by atoms with Gasteiger partial charge in [0, 0.05) is 7.11 Å². The normalized spacial score (nSPS) is 22.5. The van der Waals surface area contributed by atoms with Gasteiger partial charge < -0.3 is 9.47 Å². The number of carbonyl (C=O) groups is 1. The largest absolute Gasteiger partial charge is 0.445 e. The summed E-state index contributed by atoms with van der Waals surface area (Å²) in [5.41, 5.74) is 0.912. The van der Waals surface area contributed by atoms with Crippen LogP contribution in [-0.2, 0) is 16.1 Å². The Morgan fingerprint density at radius 3 is 2.79 bits per heavy atom. The van der Waals surface area contributed by atoms with E-state index >= 15 is 0 Å². The Balaban J connectivity index is 1.89. The number of methoxy groups -OCH3 is 1. The van der Waals surface area contributed by atoms with E-state index in [1.54, 1.807) is 7.11 Å². The summed E-state index contributed by atoms with van der Waals surface area (Å²) < 4.78 is 23.2. The third-order valence-electron chi connectivity index (χ3n) is 3.33. The lowest BCUT2D eigenvalue weighted by molar-refractivity contribution is 0.0780. The highest BCUT2D eigenvalue weighted by molar-refractivity contribution is 5.68. The third kappa shape index (κ3) is 3.44. The fourth-order valence-electron chi connectivity index (χ4n) is 2.22. The molecule has 1 saturated heterocycles. The van der Waals surface area contributed by atoms with Crippen LogP contribution in [0.2, 0.25) is 0 Å². The number of ether oxygens (including phenoxy) is 2. The molecule has 19 heavy (non-hydrogen) atoms. The van der Waals surface area contributed by atoms with Gasteiger partial charge in [-0.2, -0.15) is 0 Å². The van der Waals surface area contributed by atoms with Gasteiger partial charge in [-0.15, -0.1) is 0 Å². The monoisotopic (exact) mass is 267 g/mol. The van der Waals surface area contributed by atoms with Crippen LogP contribution in [-0.4, -0.2) is 43.5 Å². The molecular formula is C14H18FNO3. The van der Waals surface area contributed by atoms with Crippen molar-refractivity contribution in [1.82, 2.24) is 4.90 Å². The maximum atomic E-state index is 12.9. The molecule has 1 aliphatic heterocycles. The van der Waals surface area contributed by atoms with E-state index in [1.165, 1.54) is 4.90 Å². The topological polar surface area (TPSA) is 38.8 Å². The molecule has 1 aliphatic rings. The van der Waals surface area contributed by atoms with Gasteiger partial charge in [-0.3, -0.25) is 4.90 Å². The highest BCUT2D eigenvalue weighted by Gasteiger charge is 2.36. The van der Waals surface area contributed by atoms with Crippen molar-refractivity contribution in [3.05, 3.63) is 35.9 Å². The molecule has 2 rings (SSSR count). The molecule has 0 N–H and O–H groups in total. The average Bonchev–Trinajstić information content (AvgIpc) is 2.89. The molecule has 0 aliphatic carbocycles. The van der Waals surface area contributed by atoms with Crippen LogP contribution in [0.1, 0.15) is 12.0 Å². The minimum absolute atomic E-state index is 0.106. The summed E-state index contributed by atoms with van der Waals surface area (Å²) in [6.07, 6.45) is -0.0657. The van der Waals surface area contributed by atoms with Crippen LogP contribution in [0.25, 0.3) is 0 Å². The van der Waals surface area contributed by atoms with Crippen LogP contribution < -0.4 is 0 Å². The van der Waals surface area contributed by atoms with Gasteiger partial charge >= 0.3 is 6.09 Å². The number of nitrogens with zero attached hydrogens (tertiary/aromatic N) is 1. The number of benzene rings is 1. The fraction of sp³-hybridized carbons (Fsp3) is 0.500. The first-order valence-electron chi connectivity index (χ1n) is 6.30. The van der Waals surface area contributed by atoms with Crippen LogP contribution in [0.4, 0.5) is 9.18 Å². The van der Waals surface area contributed by atoms with E-state index in [0.29, 0.717) is 13.0 Å². The zero-order chi connectivity index (χ0) is 13.7. The van der Waals surface area contributed by atoms with Crippen molar-refractivity contribution in [3.63, 3.8) is 0 Å². The number of rotatable bonds is 4. The highest BCUT2D eigenvalue weighted by Crippen LogP contribution is 2.21. The Labute approximate surface area is 112 Å². The Bertz CT molecular complexity index is 412. The number of likely N-dealkylation sites (tertiary alicyclic amines) is 1. The van der Waals surface area contributed by atoms with Gasteiger partial charge in [0.15, 0.2) is 0 Å². The lowest BCUT2D eigenvalue weighted by Crippen LogP contribution is -2.37. The van der Waals surface area contributed by atoms with E-state index in [0.717, 1.165) is 5.56 Å². The first-order valence-corrected chi connectivity index (χ1v) is 6.30. The zero-order valence-electron chi connectivity index (χ0n) is 10.9. The summed E-state index contributed by atoms with van der Waals surface area (Å²) in [5, 5.41) is 0. The molecule has 1 aromatic rings. The number of amides is 1. The molecule has 0 spiro atoms. The molecule has 1 heterocycles. The zero-order valence-corrected chi connectivity index (χ0v) is 10.9. The van der Waals surface area contributed by atoms with E-state index in [2.05, 4.69) is 0 Å². The molecule has 0 aromatic heterocycles. The number of alkyl halides is 1. The Morgan fingerprint density at radius 1 is 1.42 bits per heavy atom. The standard InChI is InChI=1S/C14H18FNO3/c1-18-13-7-12(8-15)16(9-13)14(17)19-10-11-5-3-2-4-6-11/h2-6,12-13H,7-10H2,1H3/t12-,13-/m1/s1. The van der Waals surface area contributed by atoms with Crippen molar-refractivity contribution < 1.29 is 18.7 Å². The molecule has 1 fully saturated rings. The molecule has 0 bridgehead atoms. The summed E-state index contributed by atoms with van der Waals surface area (Å²) in [6.45, 7) is 0.0197. The Morgan fingerprint density at radius 2 is 2.16 bits per heavy atom. The number of hydrogen-bond donors (Lipinski definition) is 0. The lowest BCUT2D eigenvalue weighted by atomic mass is 10.2. The van der Waals surface area contributed by atoms with E-state index in [9.17, 15) is 9.18 Å². The molecule has 104 valence electrons. The van der Waals surface area contributed by atoms with Gasteiger partial charge in [0.2, 0.25) is 0 Å². The summed E-state index contributed by atoms with van der Waals surface area (Å²) in [5.74, 6) is 0. The molecule has 0 radical (unpaired) electrons. The summed E-state index contributed by atoms with van der Waals surface area (Å²) >= 11 is 0. The van der Waals surface area contributed by atoms with Gasteiger partial charge in [0.25, 0.3) is 0 Å². The highest BCUT2D eigenvalue weighted by atomic mass is 19.1. The van der Waals surface area contributed by atoms with Crippen molar-refractivity contribution in [1.29, 1.82) is 0 Å². The second kappa shape index (κ2) is 6.52. The van der Waals surface area contributed by atoms with E-state index < -0.39 is 18.8 Å². The molecular weight excluding hydrogens is 249 g/mol. The van der Waals surface area contributed by atoms with Crippen LogP contribution in [0.3, 0.4) is 0 Å². The molecule has 1 amide bonds. The van der Waals surface area contributed by atoms with Crippen LogP contribution in [0.5, 0.6) is 0 Å². The molecule has 2 atom stereocenters. The van der Waals surface area contributed by atoms with Crippen molar-refractivity contribution in [2.45, 2.75) is 25.2 Å². The van der Waals surface area contributed by atoms with Gasteiger partial charge in [0.1, 0.15) is 13.3 Å². The number of halogens is 1. The van der Waals surface area contributed by atoms with Crippen molar-refractivity contribution in [2.24, 2.45) is 0 Å². The predicted octanol–water partition coefficient (Wildman–Crippen LogP) is 2.38. The summed E-state index contributed by atoms with van der Waals surface area (Å²) in [7, 11) is 1.57. The van der Waals surface area contributed by atoms with Gasteiger partial charge in [-0.1, -0.05) is 30.3 Å². The quantitative estimate of drug-likeness (QED) is 0.840. The molecule has 0 saturated carbocycles. The molecule has 0 unspecified atom stereocenters. The van der Waals surface area contributed by atoms with E-state index in [-0.39, 0.29) is 12.7 Å². The number of hydrogen-bond acceptors (Lipinski definition) is 3. The average molecular weight is 267 g/mol. The first-order chi connectivity index (χ1) is 9.24. The van der Waals surface area contributed by atoms with Crippen molar-refractivity contribution in [2.75, 3.05) is 20.3 Å². The third-order valence-corrected chi connectivity index (χ3v) is 3.33. The van der Waals surface area contributed by atoms with E-state index in [4.69, 9.17) is 9.47 Å². The summed E-state index contributed by atoms with van der Waals surface area (Å²) in [6, 6.07) is 8.97. The van der Waals surface area contributed by atoms with Crippen molar-refractivity contribution in [3.8, 4) is 0 Å². The van der Waals surface area contributed by atoms with Gasteiger partial charge in [-0.25, -0.2) is 9.18 Å². The SMILES string of the molecule is CO[C@@H]1C[C@H](CF)N(C(=O)OCc2ccccc2)C1. The molecule has 1 aromatic carbocycles. The maximum absolute atomic E-state index is 12.9. The minimum Gasteiger partial charge on any atom is -0.445 e. The second-order valence-electron chi connectivity index (χ2n) is 4.59. The first kappa shape index (κ1) is 13.8. The Kier molecular flexibility index (Phi) is 4.74. The van der Waals surface area contributed by atoms with E-state index in [1.807, 2.05) is 30.3 Å². The van der Waals surface area contributed by atoms with Gasteiger partial charge in [0.05, 0.1) is 18.7 Å². The maximum Gasteiger partial charge on any atom is 0.410 e.